The van der Waals surface area contributed by atoms with E-state index < -0.39 is 0 Å². The number of ether oxygens (including phenoxy) is 1. The molecule has 1 unspecified atom stereocenters. The largest absolute Gasteiger partial charge is 0.378 e. The fraction of sp³-hybridized carbons (Fsp3) is 0.611. The summed E-state index contributed by atoms with van der Waals surface area (Å²) < 4.78 is 7.41. The summed E-state index contributed by atoms with van der Waals surface area (Å²) in [7, 11) is 1.97. The summed E-state index contributed by atoms with van der Waals surface area (Å²) >= 11 is 1.79. The lowest BCUT2D eigenvalue weighted by Gasteiger charge is -2.26. The van der Waals surface area contributed by atoms with Crippen LogP contribution in [-0.4, -0.2) is 53.3 Å². The first kappa shape index (κ1) is 17.5. The normalized spacial score (nSPS) is 20.0. The van der Waals surface area contributed by atoms with Gasteiger partial charge in [0.2, 0.25) is 5.91 Å². The number of aromatic nitrogens is 3. The minimum Gasteiger partial charge on any atom is -0.378 e. The van der Waals surface area contributed by atoms with Crippen molar-refractivity contribution < 1.29 is 9.53 Å². The number of imidazole rings is 1. The molecule has 26 heavy (non-hydrogen) atoms. The molecule has 1 atom stereocenters. The quantitative estimate of drug-likeness (QED) is 0.850. The third-order valence-corrected chi connectivity index (χ3v) is 6.37. The summed E-state index contributed by atoms with van der Waals surface area (Å²) in [6, 6.07) is 0. The van der Waals surface area contributed by atoms with Crippen molar-refractivity contribution in [1.82, 2.24) is 19.9 Å². The van der Waals surface area contributed by atoms with E-state index >= 15 is 0 Å². The highest BCUT2D eigenvalue weighted by atomic mass is 32.1. The Hall–Kier alpha value is -1.93. The summed E-state index contributed by atoms with van der Waals surface area (Å²) in [5.74, 6) is 1.17. The SMILES string of the molecule is Cn1ccnc1CCNC(=O)C1CCc2sc(N3CCOCC3)nc2C1. The molecule has 4 rings (SSSR count). The maximum atomic E-state index is 12.5. The van der Waals surface area contributed by atoms with Crippen LogP contribution in [0.25, 0.3) is 0 Å². The van der Waals surface area contributed by atoms with E-state index in [9.17, 15) is 4.79 Å². The highest BCUT2D eigenvalue weighted by Gasteiger charge is 2.28. The van der Waals surface area contributed by atoms with E-state index in [0.29, 0.717) is 6.54 Å². The predicted molar refractivity (Wildman–Crippen MR) is 101 cm³/mol. The van der Waals surface area contributed by atoms with Gasteiger partial charge in [-0.25, -0.2) is 9.97 Å². The Morgan fingerprint density at radius 2 is 2.27 bits per heavy atom. The van der Waals surface area contributed by atoms with Gasteiger partial charge >= 0.3 is 0 Å². The number of amides is 1. The molecule has 1 N–H and O–H groups in total. The van der Waals surface area contributed by atoms with Crippen LogP contribution in [0.4, 0.5) is 5.13 Å². The van der Waals surface area contributed by atoms with E-state index in [4.69, 9.17) is 9.72 Å². The molecule has 2 aromatic heterocycles. The Morgan fingerprint density at radius 3 is 3.04 bits per heavy atom. The summed E-state index contributed by atoms with van der Waals surface area (Å²) in [6.45, 7) is 3.98. The first-order valence-corrected chi connectivity index (χ1v) is 10.1. The van der Waals surface area contributed by atoms with E-state index in [1.165, 1.54) is 4.88 Å². The molecule has 1 aliphatic heterocycles. The molecule has 0 bridgehead atoms. The molecule has 7 nitrogen and oxygen atoms in total. The van der Waals surface area contributed by atoms with Gasteiger partial charge in [0.25, 0.3) is 0 Å². The van der Waals surface area contributed by atoms with Crippen LogP contribution in [0.1, 0.15) is 22.8 Å². The molecular weight excluding hydrogens is 350 g/mol. The maximum Gasteiger partial charge on any atom is 0.223 e. The number of fused-ring (bicyclic) bond motifs is 1. The van der Waals surface area contributed by atoms with Crippen molar-refractivity contribution in [3.8, 4) is 0 Å². The monoisotopic (exact) mass is 375 g/mol. The van der Waals surface area contributed by atoms with Crippen molar-refractivity contribution in [2.75, 3.05) is 37.7 Å². The lowest BCUT2D eigenvalue weighted by molar-refractivity contribution is -0.125. The van der Waals surface area contributed by atoms with Gasteiger partial charge in [-0.15, -0.1) is 11.3 Å². The van der Waals surface area contributed by atoms with Gasteiger partial charge in [-0.2, -0.15) is 0 Å². The number of carbonyl (C=O) groups excluding carboxylic acids is 1. The molecule has 2 aliphatic rings. The van der Waals surface area contributed by atoms with Crippen LogP contribution in [0, 0.1) is 5.92 Å². The fourth-order valence-corrected chi connectivity index (χ4v) is 4.71. The summed E-state index contributed by atoms with van der Waals surface area (Å²) in [4.78, 5) is 25.3. The molecule has 140 valence electrons. The molecule has 0 aromatic carbocycles. The first-order valence-electron chi connectivity index (χ1n) is 9.26. The topological polar surface area (TPSA) is 72.3 Å². The van der Waals surface area contributed by atoms with Gasteiger partial charge in [0.15, 0.2) is 5.13 Å². The zero-order valence-electron chi connectivity index (χ0n) is 15.1. The Bertz CT molecular complexity index is 765. The molecule has 0 saturated carbocycles. The number of carbonyl (C=O) groups is 1. The van der Waals surface area contributed by atoms with Crippen LogP contribution < -0.4 is 10.2 Å². The zero-order chi connectivity index (χ0) is 17.9. The second kappa shape index (κ2) is 7.75. The maximum absolute atomic E-state index is 12.5. The van der Waals surface area contributed by atoms with E-state index in [1.807, 2.05) is 17.8 Å². The van der Waals surface area contributed by atoms with Gasteiger partial charge in [0.1, 0.15) is 5.82 Å². The van der Waals surface area contributed by atoms with Gasteiger partial charge in [-0.3, -0.25) is 4.79 Å². The van der Waals surface area contributed by atoms with Crippen LogP contribution in [-0.2, 0) is 35.8 Å². The van der Waals surface area contributed by atoms with Crippen molar-refractivity contribution in [1.29, 1.82) is 0 Å². The van der Waals surface area contributed by atoms with Crippen molar-refractivity contribution in [2.24, 2.45) is 13.0 Å². The molecule has 1 fully saturated rings. The number of morpholine rings is 1. The zero-order valence-corrected chi connectivity index (χ0v) is 15.9. The number of hydrogen-bond acceptors (Lipinski definition) is 6. The van der Waals surface area contributed by atoms with E-state index in [0.717, 1.165) is 68.6 Å². The lowest BCUT2D eigenvalue weighted by atomic mass is 9.90. The van der Waals surface area contributed by atoms with Gasteiger partial charge < -0.3 is 19.5 Å². The predicted octanol–water partition coefficient (Wildman–Crippen LogP) is 1.18. The highest BCUT2D eigenvalue weighted by molar-refractivity contribution is 7.15. The van der Waals surface area contributed by atoms with E-state index in [2.05, 4.69) is 15.2 Å². The Labute approximate surface area is 157 Å². The average Bonchev–Trinajstić information content (AvgIpc) is 3.28. The van der Waals surface area contributed by atoms with Gasteiger partial charge in [0.05, 0.1) is 18.9 Å². The van der Waals surface area contributed by atoms with Crippen LogP contribution in [0.15, 0.2) is 12.4 Å². The number of anilines is 1. The van der Waals surface area contributed by atoms with Gasteiger partial charge in [-0.05, 0) is 12.8 Å². The number of nitrogens with one attached hydrogen (secondary N) is 1. The Kier molecular flexibility index (Phi) is 5.21. The number of nitrogens with zero attached hydrogens (tertiary/aromatic N) is 4. The molecule has 1 aliphatic carbocycles. The molecule has 2 aromatic rings. The third kappa shape index (κ3) is 3.76. The highest BCUT2D eigenvalue weighted by Crippen LogP contribution is 2.34. The lowest BCUT2D eigenvalue weighted by Crippen LogP contribution is -2.36. The fourth-order valence-electron chi connectivity index (χ4n) is 3.56. The van der Waals surface area contributed by atoms with Crippen LogP contribution in [0.2, 0.25) is 0 Å². The van der Waals surface area contributed by atoms with Crippen LogP contribution in [0.3, 0.4) is 0 Å². The standard InChI is InChI=1S/C18H25N5O2S/c1-22-7-6-19-16(22)4-5-20-17(24)13-2-3-15-14(12-13)21-18(26-15)23-8-10-25-11-9-23/h6-7,13H,2-5,8-12H2,1H3,(H,20,24). The van der Waals surface area contributed by atoms with Crippen LogP contribution in [0.5, 0.6) is 0 Å². The number of aryl methyl sites for hydroxylation is 2. The van der Waals surface area contributed by atoms with Gasteiger partial charge in [-0.1, -0.05) is 0 Å². The summed E-state index contributed by atoms with van der Waals surface area (Å²) in [5, 5.41) is 4.17. The second-order valence-electron chi connectivity index (χ2n) is 6.90. The molecule has 0 radical (unpaired) electrons. The first-order chi connectivity index (χ1) is 12.7. The molecule has 8 heteroatoms. The number of hydrogen-bond donors (Lipinski definition) is 1. The van der Waals surface area contributed by atoms with E-state index in [-0.39, 0.29) is 11.8 Å². The van der Waals surface area contributed by atoms with E-state index in [1.54, 1.807) is 17.5 Å². The van der Waals surface area contributed by atoms with Gasteiger partial charge in [0, 0.05) is 62.7 Å². The Balaban J connectivity index is 1.31. The van der Waals surface area contributed by atoms with Crippen molar-refractivity contribution in [3.05, 3.63) is 28.8 Å². The molecule has 3 heterocycles. The molecule has 1 amide bonds. The Morgan fingerprint density at radius 1 is 1.42 bits per heavy atom. The summed E-state index contributed by atoms with van der Waals surface area (Å²) in [5.41, 5.74) is 1.12. The average molecular weight is 375 g/mol. The van der Waals surface area contributed by atoms with Crippen molar-refractivity contribution in [2.45, 2.75) is 25.7 Å². The summed E-state index contributed by atoms with van der Waals surface area (Å²) in [6.07, 6.45) is 7.08. The third-order valence-electron chi connectivity index (χ3n) is 5.15. The smallest absolute Gasteiger partial charge is 0.223 e. The molecular formula is C18H25N5O2S. The van der Waals surface area contributed by atoms with Crippen LogP contribution >= 0.6 is 11.3 Å². The molecule has 0 spiro atoms. The molecule has 1 saturated heterocycles. The number of thiazole rings is 1. The van der Waals surface area contributed by atoms with Crippen molar-refractivity contribution in [3.63, 3.8) is 0 Å². The minimum atomic E-state index is 0.0310. The minimum absolute atomic E-state index is 0.0310. The van der Waals surface area contributed by atoms with Crippen molar-refractivity contribution >= 4 is 22.4 Å². The number of rotatable bonds is 5. The second-order valence-corrected chi connectivity index (χ2v) is 7.96.